The van der Waals surface area contributed by atoms with Crippen molar-refractivity contribution in [2.75, 3.05) is 18.5 Å². The number of nitrogens with one attached hydrogen (secondary N) is 1. The standard InChI is InChI=1S/C19H18ClFN2O3/c20-13-3-1-2-12(10-13)19(6-8-26-9-7-19)18(25)23-14-4-5-16(21)15(11-14)17(22)24/h1-5,10-11H,6-9H2,(H2,22,24)(H,23,25). The van der Waals surface area contributed by atoms with Crippen molar-refractivity contribution in [3.63, 3.8) is 0 Å². The van der Waals surface area contributed by atoms with E-state index in [0.717, 1.165) is 11.6 Å². The van der Waals surface area contributed by atoms with Crippen molar-refractivity contribution in [2.24, 2.45) is 5.73 Å². The minimum Gasteiger partial charge on any atom is -0.381 e. The summed E-state index contributed by atoms with van der Waals surface area (Å²) in [6, 6.07) is 10.9. The molecule has 0 bridgehead atoms. The van der Waals surface area contributed by atoms with E-state index in [1.54, 1.807) is 18.2 Å². The van der Waals surface area contributed by atoms with Gasteiger partial charge in [-0.1, -0.05) is 23.7 Å². The number of hydrogen-bond donors (Lipinski definition) is 2. The Balaban J connectivity index is 1.94. The summed E-state index contributed by atoms with van der Waals surface area (Å²) in [6.45, 7) is 0.881. The molecule has 7 heteroatoms. The number of carbonyl (C=O) groups excluding carboxylic acids is 2. The Labute approximate surface area is 155 Å². The molecule has 1 heterocycles. The summed E-state index contributed by atoms with van der Waals surface area (Å²) in [6.07, 6.45) is 0.978. The van der Waals surface area contributed by atoms with Gasteiger partial charge in [-0.05, 0) is 48.7 Å². The Morgan fingerprint density at radius 2 is 1.88 bits per heavy atom. The number of ether oxygens (including phenoxy) is 1. The van der Waals surface area contributed by atoms with E-state index in [9.17, 15) is 14.0 Å². The highest BCUT2D eigenvalue weighted by atomic mass is 35.5. The molecule has 0 atom stereocenters. The molecule has 1 aliphatic rings. The van der Waals surface area contributed by atoms with Crippen LogP contribution in [0.1, 0.15) is 28.8 Å². The first-order valence-corrected chi connectivity index (χ1v) is 8.55. The highest BCUT2D eigenvalue weighted by Crippen LogP contribution is 2.37. The Kier molecular flexibility index (Phi) is 5.25. The van der Waals surface area contributed by atoms with E-state index < -0.39 is 17.1 Å². The second kappa shape index (κ2) is 7.43. The molecular formula is C19H18ClFN2O3. The summed E-state index contributed by atoms with van der Waals surface area (Å²) in [5.41, 5.74) is 5.18. The largest absolute Gasteiger partial charge is 0.381 e. The van der Waals surface area contributed by atoms with Gasteiger partial charge >= 0.3 is 0 Å². The van der Waals surface area contributed by atoms with E-state index in [0.29, 0.717) is 36.8 Å². The maximum absolute atomic E-state index is 13.7. The van der Waals surface area contributed by atoms with Crippen molar-refractivity contribution in [1.29, 1.82) is 0 Å². The van der Waals surface area contributed by atoms with Crippen LogP contribution in [-0.4, -0.2) is 25.0 Å². The van der Waals surface area contributed by atoms with Crippen molar-refractivity contribution in [3.8, 4) is 0 Å². The summed E-state index contributed by atoms with van der Waals surface area (Å²) < 4.78 is 19.1. The summed E-state index contributed by atoms with van der Waals surface area (Å²) in [7, 11) is 0. The van der Waals surface area contributed by atoms with Crippen LogP contribution < -0.4 is 11.1 Å². The third-order valence-corrected chi connectivity index (χ3v) is 4.88. The van der Waals surface area contributed by atoms with E-state index in [1.165, 1.54) is 12.1 Å². The Hall–Kier alpha value is -2.44. The van der Waals surface area contributed by atoms with Gasteiger partial charge in [0, 0.05) is 23.9 Å². The van der Waals surface area contributed by atoms with Crippen molar-refractivity contribution in [2.45, 2.75) is 18.3 Å². The van der Waals surface area contributed by atoms with Gasteiger partial charge in [-0.25, -0.2) is 4.39 Å². The molecule has 0 saturated carbocycles. The van der Waals surface area contributed by atoms with Crippen LogP contribution in [0.4, 0.5) is 10.1 Å². The lowest BCUT2D eigenvalue weighted by Gasteiger charge is -2.36. The van der Waals surface area contributed by atoms with Crippen LogP contribution in [0, 0.1) is 5.82 Å². The molecule has 2 aromatic carbocycles. The van der Waals surface area contributed by atoms with E-state index >= 15 is 0 Å². The number of amides is 2. The number of benzene rings is 2. The van der Waals surface area contributed by atoms with Crippen LogP contribution in [-0.2, 0) is 14.9 Å². The summed E-state index contributed by atoms with van der Waals surface area (Å²) >= 11 is 6.11. The first-order valence-electron chi connectivity index (χ1n) is 8.17. The average Bonchev–Trinajstić information content (AvgIpc) is 2.63. The Morgan fingerprint density at radius 3 is 2.54 bits per heavy atom. The third-order valence-electron chi connectivity index (χ3n) is 4.65. The molecular weight excluding hydrogens is 359 g/mol. The van der Waals surface area contributed by atoms with Crippen molar-refractivity contribution < 1.29 is 18.7 Å². The Morgan fingerprint density at radius 1 is 1.15 bits per heavy atom. The maximum atomic E-state index is 13.7. The van der Waals surface area contributed by atoms with Crippen molar-refractivity contribution in [1.82, 2.24) is 0 Å². The highest BCUT2D eigenvalue weighted by molar-refractivity contribution is 6.30. The maximum Gasteiger partial charge on any atom is 0.251 e. The number of primary amides is 1. The van der Waals surface area contributed by atoms with E-state index in [-0.39, 0.29) is 11.5 Å². The van der Waals surface area contributed by atoms with Gasteiger partial charge in [0.05, 0.1) is 11.0 Å². The zero-order valence-corrected chi connectivity index (χ0v) is 14.7. The van der Waals surface area contributed by atoms with Gasteiger partial charge in [-0.3, -0.25) is 9.59 Å². The molecule has 2 aromatic rings. The quantitative estimate of drug-likeness (QED) is 0.859. The van der Waals surface area contributed by atoms with Gasteiger partial charge in [0.2, 0.25) is 5.91 Å². The molecule has 5 nitrogen and oxygen atoms in total. The minimum atomic E-state index is -0.894. The second-order valence-corrected chi connectivity index (χ2v) is 6.65. The lowest BCUT2D eigenvalue weighted by atomic mass is 9.73. The summed E-state index contributed by atoms with van der Waals surface area (Å²) in [5, 5.41) is 3.32. The molecule has 0 unspecified atom stereocenters. The molecule has 2 amide bonds. The van der Waals surface area contributed by atoms with Crippen LogP contribution >= 0.6 is 11.6 Å². The van der Waals surface area contributed by atoms with Gasteiger partial charge in [0.1, 0.15) is 5.82 Å². The van der Waals surface area contributed by atoms with Gasteiger partial charge < -0.3 is 15.8 Å². The van der Waals surface area contributed by atoms with Gasteiger partial charge in [0.15, 0.2) is 0 Å². The molecule has 26 heavy (non-hydrogen) atoms. The smallest absolute Gasteiger partial charge is 0.251 e. The summed E-state index contributed by atoms with van der Waals surface area (Å²) in [5.74, 6) is -1.88. The molecule has 3 rings (SSSR count). The molecule has 1 saturated heterocycles. The lowest BCUT2D eigenvalue weighted by molar-refractivity contribution is -0.125. The predicted octanol–water partition coefficient (Wildman–Crippen LogP) is 3.26. The molecule has 1 aliphatic heterocycles. The normalized spacial score (nSPS) is 16.1. The lowest BCUT2D eigenvalue weighted by Crippen LogP contribution is -2.44. The number of anilines is 1. The average molecular weight is 377 g/mol. The molecule has 1 fully saturated rings. The highest BCUT2D eigenvalue weighted by Gasteiger charge is 2.42. The van der Waals surface area contributed by atoms with E-state index in [1.807, 2.05) is 6.07 Å². The number of carbonyl (C=O) groups is 2. The van der Waals surface area contributed by atoms with Crippen LogP contribution in [0.2, 0.25) is 5.02 Å². The fraction of sp³-hybridized carbons (Fsp3) is 0.263. The van der Waals surface area contributed by atoms with E-state index in [4.69, 9.17) is 22.1 Å². The number of hydrogen-bond acceptors (Lipinski definition) is 3. The molecule has 136 valence electrons. The van der Waals surface area contributed by atoms with Crippen LogP contribution in [0.15, 0.2) is 42.5 Å². The first-order chi connectivity index (χ1) is 12.4. The Bertz CT molecular complexity index is 850. The zero-order chi connectivity index (χ0) is 18.7. The fourth-order valence-electron chi connectivity index (χ4n) is 3.20. The van der Waals surface area contributed by atoms with E-state index in [2.05, 4.69) is 5.32 Å². The topological polar surface area (TPSA) is 81.4 Å². The van der Waals surface area contributed by atoms with Crippen LogP contribution in [0.3, 0.4) is 0 Å². The van der Waals surface area contributed by atoms with Crippen molar-refractivity contribution >= 4 is 29.1 Å². The SMILES string of the molecule is NC(=O)c1cc(NC(=O)C2(c3cccc(Cl)c3)CCOCC2)ccc1F. The fourth-order valence-corrected chi connectivity index (χ4v) is 3.39. The molecule has 3 N–H and O–H groups in total. The predicted molar refractivity (Wildman–Crippen MR) is 96.7 cm³/mol. The van der Waals surface area contributed by atoms with Gasteiger partial charge in [-0.15, -0.1) is 0 Å². The monoisotopic (exact) mass is 376 g/mol. The zero-order valence-electron chi connectivity index (χ0n) is 13.9. The molecule has 0 aliphatic carbocycles. The molecule has 0 aromatic heterocycles. The number of halogens is 2. The third kappa shape index (κ3) is 3.57. The minimum absolute atomic E-state index is 0.259. The van der Waals surface area contributed by atoms with Crippen LogP contribution in [0.25, 0.3) is 0 Å². The number of nitrogens with two attached hydrogens (primary N) is 1. The van der Waals surface area contributed by atoms with Crippen LogP contribution in [0.5, 0.6) is 0 Å². The molecule has 0 radical (unpaired) electrons. The van der Waals surface area contributed by atoms with Gasteiger partial charge in [0.25, 0.3) is 5.91 Å². The molecule has 0 spiro atoms. The first kappa shape index (κ1) is 18.4. The van der Waals surface area contributed by atoms with Gasteiger partial charge in [-0.2, -0.15) is 0 Å². The second-order valence-electron chi connectivity index (χ2n) is 6.22. The van der Waals surface area contributed by atoms with Crippen molar-refractivity contribution in [3.05, 3.63) is 64.4 Å². The number of rotatable bonds is 4. The summed E-state index contributed by atoms with van der Waals surface area (Å²) in [4.78, 5) is 24.5.